The summed E-state index contributed by atoms with van der Waals surface area (Å²) in [5.74, 6) is -0.506. The molecular formula is C14H17ClN2O2. The first kappa shape index (κ1) is 15.2. The van der Waals surface area contributed by atoms with Crippen LogP contribution in [0.2, 0.25) is 5.02 Å². The van der Waals surface area contributed by atoms with Gasteiger partial charge in [-0.3, -0.25) is 9.59 Å². The molecule has 0 aromatic heterocycles. The zero-order chi connectivity index (χ0) is 14.3. The average Bonchev–Trinajstić information content (AvgIpc) is 2.39. The molecule has 0 heterocycles. The van der Waals surface area contributed by atoms with E-state index in [1.165, 1.54) is 0 Å². The minimum atomic E-state index is -0.278. The van der Waals surface area contributed by atoms with Gasteiger partial charge in [-0.1, -0.05) is 24.6 Å². The summed E-state index contributed by atoms with van der Waals surface area (Å²) in [5.41, 5.74) is 1.26. The molecule has 0 bridgehead atoms. The third-order valence-corrected chi connectivity index (χ3v) is 2.66. The maximum atomic E-state index is 11.6. The summed E-state index contributed by atoms with van der Waals surface area (Å²) in [5, 5.41) is 5.82. The van der Waals surface area contributed by atoms with E-state index < -0.39 is 0 Å². The lowest BCUT2D eigenvalue weighted by Gasteiger charge is -2.07. The molecule has 102 valence electrons. The molecule has 1 aromatic carbocycles. The molecule has 0 aliphatic rings. The minimum absolute atomic E-state index is 0.0592. The van der Waals surface area contributed by atoms with Gasteiger partial charge in [0.2, 0.25) is 11.8 Å². The third kappa shape index (κ3) is 5.57. The highest BCUT2D eigenvalue weighted by atomic mass is 35.5. The van der Waals surface area contributed by atoms with Crippen LogP contribution in [-0.2, 0) is 9.59 Å². The van der Waals surface area contributed by atoms with Crippen LogP contribution in [0.4, 0.5) is 5.69 Å². The summed E-state index contributed by atoms with van der Waals surface area (Å²) in [4.78, 5) is 23.2. The van der Waals surface area contributed by atoms with Crippen LogP contribution in [0.3, 0.4) is 0 Å². The van der Waals surface area contributed by atoms with Crippen molar-refractivity contribution in [3.05, 3.63) is 40.9 Å². The zero-order valence-corrected chi connectivity index (χ0v) is 11.8. The molecule has 0 fully saturated rings. The lowest BCUT2D eigenvalue weighted by Crippen LogP contribution is -2.33. The molecule has 1 rings (SSSR count). The van der Waals surface area contributed by atoms with E-state index in [2.05, 4.69) is 10.6 Å². The van der Waals surface area contributed by atoms with Crippen LogP contribution in [0, 0.1) is 0 Å². The Hall–Kier alpha value is -1.81. The monoisotopic (exact) mass is 280 g/mol. The summed E-state index contributed by atoms with van der Waals surface area (Å²) in [7, 11) is 0. The average molecular weight is 281 g/mol. The lowest BCUT2D eigenvalue weighted by atomic mass is 10.2. The van der Waals surface area contributed by atoms with Crippen LogP contribution in [0.25, 0.3) is 0 Å². The molecule has 0 spiro atoms. The van der Waals surface area contributed by atoms with Crippen molar-refractivity contribution in [2.75, 3.05) is 11.9 Å². The number of halogens is 1. The second-order valence-electron chi connectivity index (χ2n) is 4.03. The fourth-order valence-corrected chi connectivity index (χ4v) is 1.56. The second kappa shape index (κ2) is 7.59. The van der Waals surface area contributed by atoms with E-state index in [-0.39, 0.29) is 18.4 Å². The molecule has 2 N–H and O–H groups in total. The Morgan fingerprint density at radius 3 is 2.47 bits per heavy atom. The number of allylic oxidation sites excluding steroid dienone is 1. The number of anilines is 1. The van der Waals surface area contributed by atoms with E-state index in [1.807, 2.05) is 13.0 Å². The summed E-state index contributed by atoms with van der Waals surface area (Å²) >= 11 is 5.74. The van der Waals surface area contributed by atoms with E-state index in [0.29, 0.717) is 16.3 Å². The van der Waals surface area contributed by atoms with Crippen LogP contribution < -0.4 is 10.6 Å². The smallest absolute Gasteiger partial charge is 0.247 e. The summed E-state index contributed by atoms with van der Waals surface area (Å²) in [6.45, 7) is 3.61. The van der Waals surface area contributed by atoms with Gasteiger partial charge in [0.05, 0.1) is 6.54 Å². The molecule has 19 heavy (non-hydrogen) atoms. The molecule has 0 radical (unpaired) electrons. The van der Waals surface area contributed by atoms with Crippen molar-refractivity contribution in [1.82, 2.24) is 5.32 Å². The van der Waals surface area contributed by atoms with Crippen LogP contribution >= 0.6 is 11.6 Å². The van der Waals surface area contributed by atoms with Crippen molar-refractivity contribution in [2.45, 2.75) is 20.3 Å². The predicted octanol–water partition coefficient (Wildman–Crippen LogP) is 2.75. The van der Waals surface area contributed by atoms with Crippen molar-refractivity contribution in [1.29, 1.82) is 0 Å². The maximum absolute atomic E-state index is 11.6. The molecule has 0 aliphatic heterocycles. The number of hydrogen-bond donors (Lipinski definition) is 2. The highest BCUT2D eigenvalue weighted by Gasteiger charge is 2.07. The van der Waals surface area contributed by atoms with Gasteiger partial charge < -0.3 is 10.6 Å². The normalized spacial score (nSPS) is 11.0. The van der Waals surface area contributed by atoms with E-state index >= 15 is 0 Å². The Balaban J connectivity index is 2.42. The Morgan fingerprint density at radius 1 is 1.26 bits per heavy atom. The van der Waals surface area contributed by atoms with Gasteiger partial charge in [-0.05, 0) is 37.6 Å². The Bertz CT molecular complexity index is 481. The molecule has 0 unspecified atom stereocenters. The summed E-state index contributed by atoms with van der Waals surface area (Å²) < 4.78 is 0. The summed E-state index contributed by atoms with van der Waals surface area (Å²) in [6, 6.07) is 6.77. The van der Waals surface area contributed by atoms with Gasteiger partial charge in [-0.2, -0.15) is 0 Å². The minimum Gasteiger partial charge on any atom is -0.343 e. The standard InChI is InChI=1S/C14H17ClN2O2/c1-3-4-10(2)14(19)16-9-13(18)17-12-7-5-11(15)6-8-12/h4-8H,3,9H2,1-2H3,(H,16,19)(H,17,18)/b10-4+. The van der Waals surface area contributed by atoms with E-state index in [0.717, 1.165) is 6.42 Å². The van der Waals surface area contributed by atoms with Crippen LogP contribution in [-0.4, -0.2) is 18.4 Å². The Labute approximate surface area is 117 Å². The van der Waals surface area contributed by atoms with Gasteiger partial charge in [0, 0.05) is 16.3 Å². The van der Waals surface area contributed by atoms with Gasteiger partial charge in [0.15, 0.2) is 0 Å². The first-order valence-corrected chi connectivity index (χ1v) is 6.41. The van der Waals surface area contributed by atoms with Crippen molar-refractivity contribution < 1.29 is 9.59 Å². The van der Waals surface area contributed by atoms with Crippen LogP contribution in [0.15, 0.2) is 35.9 Å². The second-order valence-corrected chi connectivity index (χ2v) is 4.47. The fraction of sp³-hybridized carbons (Fsp3) is 0.286. The summed E-state index contributed by atoms with van der Waals surface area (Å²) in [6.07, 6.45) is 2.60. The van der Waals surface area contributed by atoms with Crippen molar-refractivity contribution in [3.63, 3.8) is 0 Å². The quantitative estimate of drug-likeness (QED) is 0.815. The highest BCUT2D eigenvalue weighted by Crippen LogP contribution is 2.12. The van der Waals surface area contributed by atoms with Crippen molar-refractivity contribution in [3.8, 4) is 0 Å². The molecule has 1 aromatic rings. The SMILES string of the molecule is CC/C=C(\C)C(=O)NCC(=O)Nc1ccc(Cl)cc1. The number of rotatable bonds is 5. The molecule has 4 nitrogen and oxygen atoms in total. The number of hydrogen-bond acceptors (Lipinski definition) is 2. The number of carbonyl (C=O) groups excluding carboxylic acids is 2. The van der Waals surface area contributed by atoms with Gasteiger partial charge in [-0.15, -0.1) is 0 Å². The molecule has 0 saturated carbocycles. The number of benzene rings is 1. The highest BCUT2D eigenvalue weighted by molar-refractivity contribution is 6.30. The maximum Gasteiger partial charge on any atom is 0.247 e. The number of amides is 2. The van der Waals surface area contributed by atoms with E-state index in [1.54, 1.807) is 31.2 Å². The van der Waals surface area contributed by atoms with Gasteiger partial charge >= 0.3 is 0 Å². The van der Waals surface area contributed by atoms with Gasteiger partial charge in [0.1, 0.15) is 0 Å². The third-order valence-electron chi connectivity index (χ3n) is 2.41. The Morgan fingerprint density at radius 2 is 1.89 bits per heavy atom. The number of nitrogens with one attached hydrogen (secondary N) is 2. The topological polar surface area (TPSA) is 58.2 Å². The zero-order valence-electron chi connectivity index (χ0n) is 11.0. The first-order chi connectivity index (χ1) is 9.02. The molecule has 0 atom stereocenters. The van der Waals surface area contributed by atoms with Gasteiger partial charge in [-0.25, -0.2) is 0 Å². The predicted molar refractivity (Wildman–Crippen MR) is 77.1 cm³/mol. The molecule has 2 amide bonds. The Kier molecular flexibility index (Phi) is 6.09. The molecule has 0 aliphatic carbocycles. The van der Waals surface area contributed by atoms with Crippen LogP contribution in [0.5, 0.6) is 0 Å². The largest absolute Gasteiger partial charge is 0.343 e. The van der Waals surface area contributed by atoms with Gasteiger partial charge in [0.25, 0.3) is 0 Å². The van der Waals surface area contributed by atoms with Crippen molar-refractivity contribution >= 4 is 29.1 Å². The molecule has 0 saturated heterocycles. The number of carbonyl (C=O) groups is 2. The molecular weight excluding hydrogens is 264 g/mol. The van der Waals surface area contributed by atoms with Crippen molar-refractivity contribution in [2.24, 2.45) is 0 Å². The first-order valence-electron chi connectivity index (χ1n) is 6.03. The lowest BCUT2D eigenvalue weighted by molar-refractivity contribution is -0.121. The van der Waals surface area contributed by atoms with Crippen LogP contribution in [0.1, 0.15) is 20.3 Å². The van der Waals surface area contributed by atoms with E-state index in [4.69, 9.17) is 11.6 Å². The fourth-order valence-electron chi connectivity index (χ4n) is 1.44. The molecule has 5 heteroatoms. The van der Waals surface area contributed by atoms with E-state index in [9.17, 15) is 9.59 Å².